The van der Waals surface area contributed by atoms with Crippen LogP contribution in [0.15, 0.2) is 30.3 Å². The second kappa shape index (κ2) is 5.99. The number of hydrogen-bond donors (Lipinski definition) is 1. The van der Waals surface area contributed by atoms with Gasteiger partial charge in [0, 0.05) is 18.2 Å². The summed E-state index contributed by atoms with van der Waals surface area (Å²) in [6.07, 6.45) is -0.188. The summed E-state index contributed by atoms with van der Waals surface area (Å²) in [6, 6.07) is 6.68. The minimum absolute atomic E-state index is 0.0447. The van der Waals surface area contributed by atoms with E-state index in [2.05, 4.69) is 0 Å². The third-order valence-corrected chi connectivity index (χ3v) is 2.80. The molecule has 0 fully saturated rings. The molecule has 112 valence electrons. The Bertz CT molecular complexity index is 657. The summed E-state index contributed by atoms with van der Waals surface area (Å²) in [5, 5.41) is 0. The van der Waals surface area contributed by atoms with Crippen molar-refractivity contribution in [1.82, 2.24) is 0 Å². The van der Waals surface area contributed by atoms with Crippen LogP contribution in [0.4, 0.5) is 14.5 Å². The number of nitrogen functional groups attached to an aromatic ring is 1. The number of rotatable bonds is 4. The summed E-state index contributed by atoms with van der Waals surface area (Å²) in [7, 11) is 0. The van der Waals surface area contributed by atoms with Gasteiger partial charge in [0.1, 0.15) is 11.6 Å². The van der Waals surface area contributed by atoms with Crippen LogP contribution in [0.1, 0.15) is 19.4 Å². The Morgan fingerprint density at radius 1 is 1.00 bits per heavy atom. The van der Waals surface area contributed by atoms with Crippen LogP contribution in [0, 0.1) is 18.6 Å². The average molecular weight is 293 g/mol. The summed E-state index contributed by atoms with van der Waals surface area (Å²) in [4.78, 5) is 0. The van der Waals surface area contributed by atoms with E-state index in [4.69, 9.17) is 15.2 Å². The minimum atomic E-state index is -0.565. The molecule has 0 aromatic heterocycles. The molecule has 21 heavy (non-hydrogen) atoms. The van der Waals surface area contributed by atoms with Gasteiger partial charge in [0.05, 0.1) is 11.8 Å². The van der Waals surface area contributed by atoms with Gasteiger partial charge in [0.25, 0.3) is 0 Å². The summed E-state index contributed by atoms with van der Waals surface area (Å²) >= 11 is 0. The van der Waals surface area contributed by atoms with Crippen molar-refractivity contribution in [2.24, 2.45) is 0 Å². The summed E-state index contributed by atoms with van der Waals surface area (Å²) < 4.78 is 38.0. The molecule has 0 aliphatic rings. The lowest BCUT2D eigenvalue weighted by Crippen LogP contribution is -2.07. The lowest BCUT2D eigenvalue weighted by Gasteiger charge is -2.15. The van der Waals surface area contributed by atoms with Gasteiger partial charge in [-0.2, -0.15) is 0 Å². The molecule has 0 unspecified atom stereocenters. The number of anilines is 1. The molecule has 2 aromatic carbocycles. The molecule has 0 bridgehead atoms. The van der Waals surface area contributed by atoms with E-state index in [1.165, 1.54) is 18.2 Å². The number of halogens is 2. The van der Waals surface area contributed by atoms with Crippen LogP contribution >= 0.6 is 0 Å². The highest BCUT2D eigenvalue weighted by Gasteiger charge is 2.13. The van der Waals surface area contributed by atoms with Gasteiger partial charge in [0.15, 0.2) is 17.3 Å². The lowest BCUT2D eigenvalue weighted by atomic mass is 10.2. The molecule has 0 aliphatic heterocycles. The van der Waals surface area contributed by atoms with Gasteiger partial charge in [-0.25, -0.2) is 8.78 Å². The van der Waals surface area contributed by atoms with Gasteiger partial charge in [-0.3, -0.25) is 0 Å². The van der Waals surface area contributed by atoms with Gasteiger partial charge < -0.3 is 15.2 Å². The fourth-order valence-corrected chi connectivity index (χ4v) is 1.79. The Labute approximate surface area is 122 Å². The smallest absolute Gasteiger partial charge is 0.167 e. The molecule has 0 aliphatic carbocycles. The number of ether oxygens (including phenoxy) is 2. The van der Waals surface area contributed by atoms with Crippen molar-refractivity contribution in [3.05, 3.63) is 47.5 Å². The molecule has 2 rings (SSSR count). The normalized spacial score (nSPS) is 10.8. The monoisotopic (exact) mass is 293 g/mol. The fourth-order valence-electron chi connectivity index (χ4n) is 1.79. The molecule has 0 saturated carbocycles. The van der Waals surface area contributed by atoms with Gasteiger partial charge in [-0.15, -0.1) is 0 Å². The Kier molecular flexibility index (Phi) is 4.31. The van der Waals surface area contributed by atoms with E-state index in [1.807, 2.05) is 0 Å². The summed E-state index contributed by atoms with van der Waals surface area (Å²) in [5.74, 6) is -0.396. The summed E-state index contributed by atoms with van der Waals surface area (Å²) in [6.45, 7) is 5.35. The first kappa shape index (κ1) is 15.1. The predicted molar refractivity (Wildman–Crippen MR) is 77.8 cm³/mol. The van der Waals surface area contributed by atoms with Crippen LogP contribution in [0.3, 0.4) is 0 Å². The molecular weight excluding hydrogens is 276 g/mol. The first-order valence-corrected chi connectivity index (χ1v) is 6.56. The standard InChI is InChI=1S/C16H17F2NO2/c1-9(2)20-15-8-16(13(19)7-12(15)18)21-14-6-11(17)5-4-10(14)3/h4-9H,19H2,1-3H3. The van der Waals surface area contributed by atoms with Crippen LogP contribution in [0.5, 0.6) is 17.2 Å². The van der Waals surface area contributed by atoms with Crippen LogP contribution < -0.4 is 15.2 Å². The second-order valence-corrected chi connectivity index (χ2v) is 5.00. The Morgan fingerprint density at radius 3 is 2.38 bits per heavy atom. The molecule has 0 amide bonds. The van der Waals surface area contributed by atoms with Crippen LogP contribution in [0.2, 0.25) is 0 Å². The van der Waals surface area contributed by atoms with Crippen molar-refractivity contribution in [3.63, 3.8) is 0 Å². The van der Waals surface area contributed by atoms with Gasteiger partial charge >= 0.3 is 0 Å². The van der Waals surface area contributed by atoms with E-state index < -0.39 is 11.6 Å². The van der Waals surface area contributed by atoms with Crippen molar-refractivity contribution < 1.29 is 18.3 Å². The van der Waals surface area contributed by atoms with Crippen molar-refractivity contribution in [2.45, 2.75) is 26.9 Å². The number of aryl methyl sites for hydroxylation is 1. The topological polar surface area (TPSA) is 44.5 Å². The van der Waals surface area contributed by atoms with Gasteiger partial charge in [-0.1, -0.05) is 6.07 Å². The maximum atomic E-state index is 13.8. The average Bonchev–Trinajstić information content (AvgIpc) is 2.39. The molecule has 2 aromatic rings. The van der Waals surface area contributed by atoms with E-state index >= 15 is 0 Å². The fraction of sp³-hybridized carbons (Fsp3) is 0.250. The zero-order chi connectivity index (χ0) is 15.6. The molecule has 0 heterocycles. The van der Waals surface area contributed by atoms with E-state index in [1.54, 1.807) is 26.8 Å². The van der Waals surface area contributed by atoms with E-state index in [9.17, 15) is 8.78 Å². The number of benzene rings is 2. The first-order valence-electron chi connectivity index (χ1n) is 6.56. The number of nitrogens with two attached hydrogens (primary N) is 1. The minimum Gasteiger partial charge on any atom is -0.488 e. The zero-order valence-corrected chi connectivity index (χ0v) is 12.1. The van der Waals surface area contributed by atoms with E-state index in [0.29, 0.717) is 5.75 Å². The summed E-state index contributed by atoms with van der Waals surface area (Å²) in [5.41, 5.74) is 6.60. The SMILES string of the molecule is Cc1ccc(F)cc1Oc1cc(OC(C)C)c(F)cc1N. The third kappa shape index (κ3) is 3.62. The quantitative estimate of drug-likeness (QED) is 0.848. The van der Waals surface area contributed by atoms with Crippen molar-refractivity contribution in [1.29, 1.82) is 0 Å². The molecule has 0 spiro atoms. The van der Waals surface area contributed by atoms with Crippen molar-refractivity contribution >= 4 is 5.69 Å². The third-order valence-electron chi connectivity index (χ3n) is 2.80. The highest BCUT2D eigenvalue weighted by Crippen LogP contribution is 2.35. The molecule has 3 nitrogen and oxygen atoms in total. The molecule has 0 atom stereocenters. The maximum Gasteiger partial charge on any atom is 0.167 e. The van der Waals surface area contributed by atoms with Gasteiger partial charge in [0.2, 0.25) is 0 Å². The van der Waals surface area contributed by atoms with E-state index in [0.717, 1.165) is 11.6 Å². The molecule has 0 saturated heterocycles. The highest BCUT2D eigenvalue weighted by molar-refractivity contribution is 5.58. The molecule has 2 N–H and O–H groups in total. The van der Waals surface area contributed by atoms with Gasteiger partial charge in [-0.05, 0) is 32.4 Å². The molecule has 5 heteroatoms. The first-order chi connectivity index (χ1) is 9.86. The van der Waals surface area contributed by atoms with Crippen LogP contribution in [-0.4, -0.2) is 6.10 Å². The largest absolute Gasteiger partial charge is 0.488 e. The maximum absolute atomic E-state index is 13.8. The Morgan fingerprint density at radius 2 is 1.71 bits per heavy atom. The number of hydrogen-bond acceptors (Lipinski definition) is 3. The highest BCUT2D eigenvalue weighted by atomic mass is 19.1. The van der Waals surface area contributed by atoms with Crippen LogP contribution in [0.25, 0.3) is 0 Å². The zero-order valence-electron chi connectivity index (χ0n) is 12.1. The van der Waals surface area contributed by atoms with Crippen molar-refractivity contribution in [3.8, 4) is 17.2 Å². The Balaban J connectivity index is 2.37. The molecular formula is C16H17F2NO2. The predicted octanol–water partition coefficient (Wildman–Crippen LogP) is 4.43. The van der Waals surface area contributed by atoms with Crippen molar-refractivity contribution in [2.75, 3.05) is 5.73 Å². The van der Waals surface area contributed by atoms with E-state index in [-0.39, 0.29) is 23.3 Å². The van der Waals surface area contributed by atoms with Crippen LogP contribution in [-0.2, 0) is 0 Å². The second-order valence-electron chi connectivity index (χ2n) is 5.00. The Hall–Kier alpha value is -2.30. The lowest BCUT2D eigenvalue weighted by molar-refractivity contribution is 0.230. The molecule has 0 radical (unpaired) electrons.